The number of aliphatic hydroxyl groups excluding tert-OH is 1. The predicted octanol–water partition coefficient (Wildman–Crippen LogP) is 2.60. The summed E-state index contributed by atoms with van der Waals surface area (Å²) < 4.78 is 5.64. The van der Waals surface area contributed by atoms with Crippen LogP contribution in [0.15, 0.2) is 4.99 Å². The highest BCUT2D eigenvalue weighted by atomic mass is 127. The van der Waals surface area contributed by atoms with Crippen molar-refractivity contribution in [3.8, 4) is 0 Å². The molecule has 2 heterocycles. The molecule has 0 radical (unpaired) electrons. The highest BCUT2D eigenvalue weighted by molar-refractivity contribution is 14.0. The SMILES string of the molecule is CCCC(CCO)CNC(=NCC1(N2CCCC2)CCOCC1)NCC.I. The van der Waals surface area contributed by atoms with Crippen LogP contribution in [-0.2, 0) is 4.74 Å². The first-order valence-corrected chi connectivity index (χ1v) is 10.7. The maximum absolute atomic E-state index is 9.27. The Labute approximate surface area is 182 Å². The number of hydrogen-bond acceptors (Lipinski definition) is 4. The summed E-state index contributed by atoms with van der Waals surface area (Å²) in [5.74, 6) is 1.42. The van der Waals surface area contributed by atoms with Crippen molar-refractivity contribution in [2.45, 2.75) is 64.3 Å². The summed E-state index contributed by atoms with van der Waals surface area (Å²) >= 11 is 0. The Morgan fingerprint density at radius 1 is 1.15 bits per heavy atom. The van der Waals surface area contributed by atoms with Gasteiger partial charge in [-0.2, -0.15) is 0 Å². The van der Waals surface area contributed by atoms with Gasteiger partial charge >= 0.3 is 0 Å². The van der Waals surface area contributed by atoms with E-state index >= 15 is 0 Å². The van der Waals surface area contributed by atoms with Crippen LogP contribution in [0.4, 0.5) is 0 Å². The standard InChI is InChI=1S/C20H40N4O2.HI/c1-3-7-18(8-13-25)16-22-19(21-4-2)23-17-20(9-14-26-15-10-20)24-11-5-6-12-24;/h18,25H,3-17H2,1-2H3,(H2,21,22,23);1H. The zero-order chi connectivity index (χ0) is 18.7. The molecule has 0 spiro atoms. The minimum absolute atomic E-state index is 0. The van der Waals surface area contributed by atoms with Gasteiger partial charge in [0.15, 0.2) is 5.96 Å². The van der Waals surface area contributed by atoms with Gasteiger partial charge in [0.1, 0.15) is 0 Å². The number of aliphatic hydroxyl groups is 1. The summed E-state index contributed by atoms with van der Waals surface area (Å²) in [7, 11) is 0. The molecule has 2 rings (SSSR count). The van der Waals surface area contributed by atoms with Gasteiger partial charge in [0.2, 0.25) is 0 Å². The van der Waals surface area contributed by atoms with Gasteiger partial charge in [0.05, 0.1) is 6.54 Å². The van der Waals surface area contributed by atoms with Crippen LogP contribution in [0.3, 0.4) is 0 Å². The van der Waals surface area contributed by atoms with E-state index in [2.05, 4.69) is 29.4 Å². The lowest BCUT2D eigenvalue weighted by Gasteiger charge is -2.43. The third kappa shape index (κ3) is 8.03. The minimum Gasteiger partial charge on any atom is -0.396 e. The Bertz CT molecular complexity index is 405. The highest BCUT2D eigenvalue weighted by Gasteiger charge is 2.39. The molecule has 1 unspecified atom stereocenters. The number of halogens is 1. The smallest absolute Gasteiger partial charge is 0.191 e. The summed E-state index contributed by atoms with van der Waals surface area (Å²) in [5, 5.41) is 16.2. The van der Waals surface area contributed by atoms with Crippen LogP contribution in [0.5, 0.6) is 0 Å². The summed E-state index contributed by atoms with van der Waals surface area (Å²) in [4.78, 5) is 7.64. The first-order valence-electron chi connectivity index (χ1n) is 10.7. The number of ether oxygens (including phenoxy) is 1. The normalized spacial score (nSPS) is 21.5. The quantitative estimate of drug-likeness (QED) is 0.247. The van der Waals surface area contributed by atoms with Crippen molar-refractivity contribution in [2.24, 2.45) is 10.9 Å². The van der Waals surface area contributed by atoms with Crippen LogP contribution in [0, 0.1) is 5.92 Å². The molecule has 160 valence electrons. The maximum Gasteiger partial charge on any atom is 0.191 e. The van der Waals surface area contributed by atoms with Crippen molar-refractivity contribution in [1.82, 2.24) is 15.5 Å². The molecule has 0 bridgehead atoms. The summed E-state index contributed by atoms with van der Waals surface area (Å²) in [6.45, 7) is 11.3. The maximum atomic E-state index is 9.27. The van der Waals surface area contributed by atoms with E-state index in [0.29, 0.717) is 5.92 Å². The van der Waals surface area contributed by atoms with Gasteiger partial charge in [-0.1, -0.05) is 13.3 Å². The number of likely N-dealkylation sites (tertiary alicyclic amines) is 1. The van der Waals surface area contributed by atoms with Crippen molar-refractivity contribution in [3.63, 3.8) is 0 Å². The molecule has 0 aromatic heterocycles. The molecular formula is C20H41IN4O2. The third-order valence-electron chi connectivity index (χ3n) is 5.87. The van der Waals surface area contributed by atoms with Crippen LogP contribution < -0.4 is 10.6 Å². The van der Waals surface area contributed by atoms with Gasteiger partial charge in [0.25, 0.3) is 0 Å². The fourth-order valence-corrected chi connectivity index (χ4v) is 4.27. The lowest BCUT2D eigenvalue weighted by Crippen LogP contribution is -2.54. The Balaban J connectivity index is 0.00000364. The van der Waals surface area contributed by atoms with E-state index in [1.54, 1.807) is 0 Å². The van der Waals surface area contributed by atoms with Gasteiger partial charge in [-0.15, -0.1) is 24.0 Å². The fraction of sp³-hybridized carbons (Fsp3) is 0.950. The van der Waals surface area contributed by atoms with E-state index in [4.69, 9.17) is 9.73 Å². The van der Waals surface area contributed by atoms with Crippen molar-refractivity contribution in [1.29, 1.82) is 0 Å². The summed E-state index contributed by atoms with van der Waals surface area (Å²) in [6, 6.07) is 0. The van der Waals surface area contributed by atoms with Crippen molar-refractivity contribution >= 4 is 29.9 Å². The van der Waals surface area contributed by atoms with Crippen LogP contribution in [0.2, 0.25) is 0 Å². The Hall–Kier alpha value is -0.120. The second kappa shape index (κ2) is 14.0. The van der Waals surface area contributed by atoms with E-state index in [0.717, 1.165) is 70.9 Å². The third-order valence-corrected chi connectivity index (χ3v) is 5.87. The van der Waals surface area contributed by atoms with E-state index in [-0.39, 0.29) is 36.1 Å². The van der Waals surface area contributed by atoms with E-state index in [1.165, 1.54) is 25.9 Å². The first-order chi connectivity index (χ1) is 12.7. The number of nitrogens with one attached hydrogen (secondary N) is 2. The molecule has 6 nitrogen and oxygen atoms in total. The Kier molecular flexibility index (Phi) is 12.9. The lowest BCUT2D eigenvalue weighted by atomic mass is 9.88. The molecule has 7 heteroatoms. The predicted molar refractivity (Wildman–Crippen MR) is 123 cm³/mol. The zero-order valence-corrected chi connectivity index (χ0v) is 19.7. The second-order valence-electron chi connectivity index (χ2n) is 7.77. The van der Waals surface area contributed by atoms with E-state index in [9.17, 15) is 5.11 Å². The molecule has 3 N–H and O–H groups in total. The van der Waals surface area contributed by atoms with Crippen LogP contribution in [-0.4, -0.2) is 74.0 Å². The van der Waals surface area contributed by atoms with Gasteiger partial charge in [-0.25, -0.2) is 0 Å². The lowest BCUT2D eigenvalue weighted by molar-refractivity contribution is -0.0139. The molecule has 2 aliphatic rings. The molecule has 0 amide bonds. The van der Waals surface area contributed by atoms with Gasteiger partial charge in [0, 0.05) is 38.4 Å². The second-order valence-corrected chi connectivity index (χ2v) is 7.77. The molecular weight excluding hydrogens is 455 g/mol. The monoisotopic (exact) mass is 496 g/mol. The topological polar surface area (TPSA) is 69.1 Å². The molecule has 0 aromatic carbocycles. The zero-order valence-electron chi connectivity index (χ0n) is 17.3. The minimum atomic E-state index is 0. The van der Waals surface area contributed by atoms with E-state index < -0.39 is 0 Å². The summed E-state index contributed by atoms with van der Waals surface area (Å²) in [5.41, 5.74) is 0.172. The molecule has 0 saturated carbocycles. The molecule has 0 aliphatic carbocycles. The number of guanidine groups is 1. The van der Waals surface area contributed by atoms with Crippen molar-refractivity contribution in [3.05, 3.63) is 0 Å². The number of hydrogen-bond donors (Lipinski definition) is 3. The van der Waals surface area contributed by atoms with Crippen LogP contribution in [0.25, 0.3) is 0 Å². The number of nitrogens with zero attached hydrogens (tertiary/aromatic N) is 2. The van der Waals surface area contributed by atoms with Crippen LogP contribution in [0.1, 0.15) is 58.8 Å². The molecule has 2 aliphatic heterocycles. The molecule has 27 heavy (non-hydrogen) atoms. The fourth-order valence-electron chi connectivity index (χ4n) is 4.27. The number of rotatable bonds is 10. The molecule has 2 saturated heterocycles. The van der Waals surface area contributed by atoms with Gasteiger partial charge in [-0.05, 0) is 64.5 Å². The first kappa shape index (κ1) is 24.9. The molecule has 1 atom stereocenters. The van der Waals surface area contributed by atoms with Crippen LogP contribution >= 0.6 is 24.0 Å². The highest BCUT2D eigenvalue weighted by Crippen LogP contribution is 2.31. The van der Waals surface area contributed by atoms with Gasteiger partial charge in [-0.3, -0.25) is 9.89 Å². The summed E-state index contributed by atoms with van der Waals surface area (Å²) in [6.07, 6.45) is 7.93. The number of aliphatic imine (C=N–C) groups is 1. The molecule has 2 fully saturated rings. The Morgan fingerprint density at radius 2 is 1.85 bits per heavy atom. The van der Waals surface area contributed by atoms with Crippen molar-refractivity contribution in [2.75, 3.05) is 52.5 Å². The van der Waals surface area contributed by atoms with E-state index in [1.807, 2.05) is 0 Å². The average Bonchev–Trinajstić information content (AvgIpc) is 3.20. The van der Waals surface area contributed by atoms with Crippen molar-refractivity contribution < 1.29 is 9.84 Å². The Morgan fingerprint density at radius 3 is 2.44 bits per heavy atom. The largest absolute Gasteiger partial charge is 0.396 e. The van der Waals surface area contributed by atoms with Gasteiger partial charge < -0.3 is 20.5 Å². The molecule has 0 aromatic rings. The average molecular weight is 496 g/mol.